The second-order valence-corrected chi connectivity index (χ2v) is 6.25. The van der Waals surface area contributed by atoms with Crippen molar-refractivity contribution in [2.45, 2.75) is 13.3 Å². The Morgan fingerprint density at radius 3 is 2.74 bits per heavy atom. The van der Waals surface area contributed by atoms with Crippen LogP contribution in [0.3, 0.4) is 0 Å². The summed E-state index contributed by atoms with van der Waals surface area (Å²) in [5.74, 6) is 0.571. The van der Waals surface area contributed by atoms with Gasteiger partial charge in [0.1, 0.15) is 5.69 Å². The lowest BCUT2D eigenvalue weighted by molar-refractivity contribution is 0.0776. The lowest BCUT2D eigenvalue weighted by Crippen LogP contribution is -2.30. The van der Waals surface area contributed by atoms with Crippen LogP contribution in [0.15, 0.2) is 30.3 Å². The van der Waals surface area contributed by atoms with Crippen molar-refractivity contribution < 1.29 is 9.90 Å². The molecule has 1 aliphatic heterocycles. The minimum absolute atomic E-state index is 0.110. The molecule has 2 aromatic rings. The van der Waals surface area contributed by atoms with Gasteiger partial charge < -0.3 is 10.0 Å². The van der Waals surface area contributed by atoms with Crippen LogP contribution in [-0.4, -0.2) is 45.6 Å². The predicted octanol–water partition coefficient (Wildman–Crippen LogP) is 2.56. The van der Waals surface area contributed by atoms with E-state index in [1.54, 1.807) is 23.1 Å². The first kappa shape index (κ1) is 15.9. The van der Waals surface area contributed by atoms with Crippen LogP contribution in [0.2, 0.25) is 5.02 Å². The minimum atomic E-state index is -0.110. The number of nitrogens with zero attached hydrogens (tertiary/aromatic N) is 3. The van der Waals surface area contributed by atoms with E-state index >= 15 is 0 Å². The van der Waals surface area contributed by atoms with Gasteiger partial charge >= 0.3 is 0 Å². The molecule has 1 saturated heterocycles. The highest BCUT2D eigenvalue weighted by Gasteiger charge is 2.27. The summed E-state index contributed by atoms with van der Waals surface area (Å²) in [5, 5.41) is 9.86. The molecule has 120 valence electrons. The smallest absolute Gasteiger partial charge is 0.272 e. The predicted molar refractivity (Wildman–Crippen MR) is 88.3 cm³/mol. The van der Waals surface area contributed by atoms with Crippen LogP contribution < -0.4 is 0 Å². The Balaban J connectivity index is 1.88. The number of aromatic nitrogens is 2. The van der Waals surface area contributed by atoms with E-state index in [4.69, 9.17) is 11.6 Å². The Hall–Kier alpha value is -1.98. The van der Waals surface area contributed by atoms with E-state index in [1.165, 1.54) is 0 Å². The van der Waals surface area contributed by atoms with Crippen molar-refractivity contribution >= 4 is 17.5 Å². The number of rotatable bonds is 3. The van der Waals surface area contributed by atoms with Gasteiger partial charge in [-0.25, -0.2) is 9.97 Å². The molecule has 1 aliphatic rings. The molecular formula is C17H18ClN3O2. The fourth-order valence-electron chi connectivity index (χ4n) is 2.73. The number of aliphatic hydroxyl groups excluding tert-OH is 1. The molecular weight excluding hydrogens is 314 g/mol. The van der Waals surface area contributed by atoms with Crippen LogP contribution in [0.5, 0.6) is 0 Å². The molecule has 0 saturated carbocycles. The molecule has 0 bridgehead atoms. The summed E-state index contributed by atoms with van der Waals surface area (Å²) in [6.45, 7) is 3.19. The third-order valence-electron chi connectivity index (χ3n) is 4.01. The number of hydrogen-bond acceptors (Lipinski definition) is 4. The molecule has 2 heterocycles. The zero-order valence-corrected chi connectivity index (χ0v) is 13.6. The van der Waals surface area contributed by atoms with Gasteiger partial charge in [0.15, 0.2) is 5.82 Å². The van der Waals surface area contributed by atoms with Crippen molar-refractivity contribution in [3.63, 3.8) is 0 Å². The molecule has 1 fully saturated rings. The third-order valence-corrected chi connectivity index (χ3v) is 4.26. The molecule has 23 heavy (non-hydrogen) atoms. The molecule has 0 aliphatic carbocycles. The van der Waals surface area contributed by atoms with E-state index in [0.717, 1.165) is 17.7 Å². The van der Waals surface area contributed by atoms with Crippen molar-refractivity contribution in [2.75, 3.05) is 19.7 Å². The van der Waals surface area contributed by atoms with Gasteiger partial charge in [0, 0.05) is 41.9 Å². The SMILES string of the molecule is Cc1cc(C(=O)N2CCC(CO)C2)nc(-c2ccc(Cl)cc2)n1. The van der Waals surface area contributed by atoms with Crippen LogP contribution >= 0.6 is 11.6 Å². The second kappa shape index (κ2) is 6.64. The standard InChI is InChI=1S/C17H18ClN3O2/c1-11-8-15(17(23)21-7-6-12(9-21)10-22)20-16(19-11)13-2-4-14(18)5-3-13/h2-5,8,12,22H,6-7,9-10H2,1H3. The van der Waals surface area contributed by atoms with E-state index in [1.807, 2.05) is 19.1 Å². The van der Waals surface area contributed by atoms with Crippen LogP contribution in [0.1, 0.15) is 22.6 Å². The Bertz CT molecular complexity index is 718. The summed E-state index contributed by atoms with van der Waals surface area (Å²) in [6.07, 6.45) is 0.830. The average molecular weight is 332 g/mol. The molecule has 1 atom stereocenters. The van der Waals surface area contributed by atoms with E-state index in [9.17, 15) is 9.90 Å². The summed E-state index contributed by atoms with van der Waals surface area (Å²) < 4.78 is 0. The van der Waals surface area contributed by atoms with Crippen LogP contribution in [0, 0.1) is 12.8 Å². The van der Waals surface area contributed by atoms with E-state index in [2.05, 4.69) is 9.97 Å². The highest BCUT2D eigenvalue weighted by atomic mass is 35.5. The molecule has 5 nitrogen and oxygen atoms in total. The lowest BCUT2D eigenvalue weighted by Gasteiger charge is -2.16. The average Bonchev–Trinajstić information content (AvgIpc) is 3.03. The summed E-state index contributed by atoms with van der Waals surface area (Å²) in [4.78, 5) is 23.2. The molecule has 0 spiro atoms. The Morgan fingerprint density at radius 2 is 2.09 bits per heavy atom. The number of amides is 1. The van der Waals surface area contributed by atoms with Crippen LogP contribution in [0.25, 0.3) is 11.4 Å². The summed E-state index contributed by atoms with van der Waals surface area (Å²) in [6, 6.07) is 8.92. The highest BCUT2D eigenvalue weighted by molar-refractivity contribution is 6.30. The van der Waals surface area contributed by atoms with Crippen molar-refractivity contribution in [3.05, 3.63) is 46.7 Å². The van der Waals surface area contributed by atoms with Crippen LogP contribution in [0.4, 0.5) is 0 Å². The number of carbonyl (C=O) groups excluding carboxylic acids is 1. The highest BCUT2D eigenvalue weighted by Crippen LogP contribution is 2.21. The van der Waals surface area contributed by atoms with Crippen molar-refractivity contribution in [1.29, 1.82) is 0 Å². The molecule has 1 unspecified atom stereocenters. The number of likely N-dealkylation sites (tertiary alicyclic amines) is 1. The van der Waals surface area contributed by atoms with Crippen molar-refractivity contribution in [1.82, 2.24) is 14.9 Å². The quantitative estimate of drug-likeness (QED) is 0.938. The molecule has 1 amide bonds. The van der Waals surface area contributed by atoms with Crippen molar-refractivity contribution in [3.8, 4) is 11.4 Å². The third kappa shape index (κ3) is 3.51. The minimum Gasteiger partial charge on any atom is -0.396 e. The molecule has 1 aromatic carbocycles. The lowest BCUT2D eigenvalue weighted by atomic mass is 10.1. The fourth-order valence-corrected chi connectivity index (χ4v) is 2.86. The van der Waals surface area contributed by atoms with Crippen molar-refractivity contribution in [2.24, 2.45) is 5.92 Å². The normalized spacial score (nSPS) is 17.5. The maximum absolute atomic E-state index is 12.6. The Morgan fingerprint density at radius 1 is 1.35 bits per heavy atom. The Labute approximate surface area is 139 Å². The zero-order chi connectivity index (χ0) is 16.4. The first-order valence-corrected chi connectivity index (χ1v) is 7.96. The molecule has 1 aromatic heterocycles. The van der Waals surface area contributed by atoms with E-state index in [0.29, 0.717) is 29.6 Å². The molecule has 0 radical (unpaired) electrons. The number of aryl methyl sites for hydroxylation is 1. The Kier molecular flexibility index (Phi) is 4.59. The number of aliphatic hydroxyl groups is 1. The number of carbonyl (C=O) groups is 1. The van der Waals surface area contributed by atoms with Gasteiger partial charge in [-0.3, -0.25) is 4.79 Å². The molecule has 6 heteroatoms. The van der Waals surface area contributed by atoms with Gasteiger partial charge in [0.05, 0.1) is 0 Å². The number of benzene rings is 1. The largest absolute Gasteiger partial charge is 0.396 e. The molecule has 1 N–H and O–H groups in total. The zero-order valence-electron chi connectivity index (χ0n) is 12.9. The topological polar surface area (TPSA) is 66.3 Å². The van der Waals surface area contributed by atoms with Crippen LogP contribution in [-0.2, 0) is 0 Å². The fraction of sp³-hybridized carbons (Fsp3) is 0.353. The monoisotopic (exact) mass is 331 g/mol. The van der Waals surface area contributed by atoms with Gasteiger partial charge in [-0.05, 0) is 43.7 Å². The summed E-state index contributed by atoms with van der Waals surface area (Å²) in [5.41, 5.74) is 1.95. The first-order chi connectivity index (χ1) is 11.1. The van der Waals surface area contributed by atoms with Gasteiger partial charge in [0.2, 0.25) is 0 Å². The van der Waals surface area contributed by atoms with Gasteiger partial charge in [-0.15, -0.1) is 0 Å². The molecule has 3 rings (SSSR count). The number of halogens is 1. The summed E-state index contributed by atoms with van der Waals surface area (Å²) >= 11 is 5.90. The van der Waals surface area contributed by atoms with E-state index in [-0.39, 0.29) is 18.4 Å². The van der Waals surface area contributed by atoms with Gasteiger partial charge in [-0.2, -0.15) is 0 Å². The first-order valence-electron chi connectivity index (χ1n) is 7.58. The summed E-state index contributed by atoms with van der Waals surface area (Å²) in [7, 11) is 0. The maximum Gasteiger partial charge on any atom is 0.272 e. The van der Waals surface area contributed by atoms with Gasteiger partial charge in [-0.1, -0.05) is 11.6 Å². The van der Waals surface area contributed by atoms with E-state index < -0.39 is 0 Å². The maximum atomic E-state index is 12.6. The number of hydrogen-bond donors (Lipinski definition) is 1. The van der Waals surface area contributed by atoms with Gasteiger partial charge in [0.25, 0.3) is 5.91 Å². The second-order valence-electron chi connectivity index (χ2n) is 5.81.